The molecule has 1 aromatic rings. The number of rotatable bonds is 2. The van der Waals surface area contributed by atoms with Gasteiger partial charge in [0, 0.05) is 51.8 Å². The molecule has 6 nitrogen and oxygen atoms in total. The number of amides is 2. The molecule has 0 N–H and O–H groups in total. The van der Waals surface area contributed by atoms with Crippen LogP contribution in [0.2, 0.25) is 0 Å². The first-order chi connectivity index (χ1) is 8.99. The van der Waals surface area contributed by atoms with Crippen molar-refractivity contribution < 1.29 is 4.79 Å². The number of aromatic nitrogens is 2. The largest absolute Gasteiger partial charge is 0.347 e. The van der Waals surface area contributed by atoms with Gasteiger partial charge in [-0.25, -0.2) is 9.78 Å². The molecule has 1 aliphatic heterocycles. The molecule has 2 rings (SSSR count). The van der Waals surface area contributed by atoms with Gasteiger partial charge in [0.25, 0.3) is 0 Å². The van der Waals surface area contributed by atoms with Crippen LogP contribution in [0.1, 0.15) is 18.7 Å². The molecule has 1 aromatic heterocycles. The number of anilines is 1. The standard InChI is InChI=1S/C12H21N5OS/c1-9-13-11(19-14-9)17-7-5-10(6-8-17)16(4)12(18)15(2)3/h10H,5-8H2,1-4H3. The van der Waals surface area contributed by atoms with Crippen molar-refractivity contribution in [2.45, 2.75) is 25.8 Å². The van der Waals surface area contributed by atoms with Gasteiger partial charge in [-0.15, -0.1) is 0 Å². The first kappa shape index (κ1) is 14.0. The third kappa shape index (κ3) is 3.15. The Bertz CT molecular complexity index is 439. The molecule has 2 amide bonds. The van der Waals surface area contributed by atoms with Crippen molar-refractivity contribution in [1.29, 1.82) is 0 Å². The summed E-state index contributed by atoms with van der Waals surface area (Å²) in [5, 5.41) is 0.998. The Hall–Kier alpha value is -1.37. The normalized spacial score (nSPS) is 16.5. The molecule has 1 fully saturated rings. The van der Waals surface area contributed by atoms with E-state index in [1.54, 1.807) is 19.0 Å². The van der Waals surface area contributed by atoms with Crippen LogP contribution in [0, 0.1) is 6.92 Å². The van der Waals surface area contributed by atoms with E-state index >= 15 is 0 Å². The van der Waals surface area contributed by atoms with Gasteiger partial charge in [-0.1, -0.05) is 0 Å². The Morgan fingerprint density at radius 3 is 2.42 bits per heavy atom. The second-order valence-electron chi connectivity index (χ2n) is 5.13. The number of piperidine rings is 1. The third-order valence-electron chi connectivity index (χ3n) is 3.48. The molecule has 0 spiro atoms. The first-order valence-electron chi connectivity index (χ1n) is 6.48. The summed E-state index contributed by atoms with van der Waals surface area (Å²) in [5.74, 6) is 0.835. The van der Waals surface area contributed by atoms with E-state index in [-0.39, 0.29) is 6.03 Å². The summed E-state index contributed by atoms with van der Waals surface area (Å²) in [6.07, 6.45) is 1.96. The molecule has 0 radical (unpaired) electrons. The first-order valence-corrected chi connectivity index (χ1v) is 7.25. The van der Waals surface area contributed by atoms with Crippen molar-refractivity contribution in [2.24, 2.45) is 0 Å². The van der Waals surface area contributed by atoms with E-state index in [4.69, 9.17) is 0 Å². The highest BCUT2D eigenvalue weighted by Gasteiger charge is 2.27. The summed E-state index contributed by atoms with van der Waals surface area (Å²) < 4.78 is 4.22. The summed E-state index contributed by atoms with van der Waals surface area (Å²) in [6.45, 7) is 3.78. The number of hydrogen-bond donors (Lipinski definition) is 0. The van der Waals surface area contributed by atoms with Crippen molar-refractivity contribution in [2.75, 3.05) is 39.1 Å². The molecule has 2 heterocycles. The second-order valence-corrected chi connectivity index (χ2v) is 5.86. The van der Waals surface area contributed by atoms with Gasteiger partial charge >= 0.3 is 6.03 Å². The van der Waals surface area contributed by atoms with E-state index in [0.29, 0.717) is 6.04 Å². The average molecular weight is 283 g/mol. The predicted molar refractivity (Wildman–Crippen MR) is 76.7 cm³/mol. The van der Waals surface area contributed by atoms with Crippen molar-refractivity contribution in [3.05, 3.63) is 5.82 Å². The number of nitrogens with zero attached hydrogens (tertiary/aromatic N) is 5. The van der Waals surface area contributed by atoms with Gasteiger partial charge in [-0.2, -0.15) is 4.37 Å². The molecule has 106 valence electrons. The van der Waals surface area contributed by atoms with E-state index in [2.05, 4.69) is 14.3 Å². The van der Waals surface area contributed by atoms with E-state index in [1.807, 2.05) is 18.9 Å². The van der Waals surface area contributed by atoms with Crippen LogP contribution in [0.4, 0.5) is 9.93 Å². The maximum atomic E-state index is 11.9. The Kier molecular flexibility index (Phi) is 4.24. The van der Waals surface area contributed by atoms with Crippen LogP contribution in [0.3, 0.4) is 0 Å². The molecule has 0 aromatic carbocycles. The fourth-order valence-corrected chi connectivity index (χ4v) is 3.06. The molecule has 0 unspecified atom stereocenters. The second kappa shape index (κ2) is 5.73. The molecule has 0 saturated carbocycles. The SMILES string of the molecule is Cc1nsc(N2CCC(N(C)C(=O)N(C)C)CC2)n1. The number of aryl methyl sites for hydroxylation is 1. The van der Waals surface area contributed by atoms with Gasteiger partial charge in [-0.05, 0) is 19.8 Å². The highest BCUT2D eigenvalue weighted by atomic mass is 32.1. The molecule has 7 heteroatoms. The Morgan fingerprint density at radius 2 is 1.95 bits per heavy atom. The minimum absolute atomic E-state index is 0.0743. The number of carbonyl (C=O) groups is 1. The molecular formula is C12H21N5OS. The van der Waals surface area contributed by atoms with Crippen LogP contribution in [0.5, 0.6) is 0 Å². The van der Waals surface area contributed by atoms with E-state index in [0.717, 1.165) is 36.9 Å². The lowest BCUT2D eigenvalue weighted by atomic mass is 10.0. The third-order valence-corrected chi connectivity index (χ3v) is 4.35. The summed E-state index contributed by atoms with van der Waals surface area (Å²) in [4.78, 5) is 22.1. The van der Waals surface area contributed by atoms with E-state index in [1.165, 1.54) is 11.5 Å². The number of carbonyl (C=O) groups excluding carboxylic acids is 1. The average Bonchev–Trinajstić information content (AvgIpc) is 2.84. The van der Waals surface area contributed by atoms with Crippen molar-refractivity contribution in [1.82, 2.24) is 19.2 Å². The van der Waals surface area contributed by atoms with Gasteiger partial charge in [-0.3, -0.25) is 0 Å². The molecular weight excluding hydrogens is 262 g/mol. The zero-order valence-corrected chi connectivity index (χ0v) is 12.8. The molecule has 1 aliphatic rings. The fraction of sp³-hybridized carbons (Fsp3) is 0.750. The minimum atomic E-state index is 0.0743. The zero-order valence-electron chi connectivity index (χ0n) is 12.0. The monoisotopic (exact) mass is 283 g/mol. The summed E-state index contributed by atoms with van der Waals surface area (Å²) in [5.41, 5.74) is 0. The van der Waals surface area contributed by atoms with Crippen LogP contribution >= 0.6 is 11.5 Å². The highest BCUT2D eigenvalue weighted by molar-refractivity contribution is 7.09. The van der Waals surface area contributed by atoms with Gasteiger partial charge in [0.15, 0.2) is 0 Å². The van der Waals surface area contributed by atoms with Crippen molar-refractivity contribution in [3.8, 4) is 0 Å². The lowest BCUT2D eigenvalue weighted by Gasteiger charge is -2.37. The fourth-order valence-electron chi connectivity index (χ4n) is 2.33. The predicted octanol–water partition coefficient (Wildman–Crippen LogP) is 1.43. The maximum Gasteiger partial charge on any atom is 0.319 e. The topological polar surface area (TPSA) is 52.6 Å². The van der Waals surface area contributed by atoms with Crippen LogP contribution in [0.15, 0.2) is 0 Å². The molecule has 0 atom stereocenters. The van der Waals surface area contributed by atoms with Gasteiger partial charge in [0.2, 0.25) is 5.13 Å². The van der Waals surface area contributed by atoms with E-state index in [9.17, 15) is 4.79 Å². The maximum absolute atomic E-state index is 11.9. The summed E-state index contributed by atoms with van der Waals surface area (Å²) in [7, 11) is 5.47. The zero-order chi connectivity index (χ0) is 14.0. The van der Waals surface area contributed by atoms with Crippen molar-refractivity contribution >= 4 is 22.7 Å². The Labute approximate surface area is 118 Å². The lowest BCUT2D eigenvalue weighted by Crippen LogP contribution is -2.48. The van der Waals surface area contributed by atoms with Crippen molar-refractivity contribution in [3.63, 3.8) is 0 Å². The Morgan fingerprint density at radius 1 is 1.32 bits per heavy atom. The molecule has 1 saturated heterocycles. The summed E-state index contributed by atoms with van der Waals surface area (Å²) >= 11 is 1.45. The minimum Gasteiger partial charge on any atom is -0.347 e. The van der Waals surface area contributed by atoms with E-state index < -0.39 is 0 Å². The lowest BCUT2D eigenvalue weighted by molar-refractivity contribution is 0.155. The number of hydrogen-bond acceptors (Lipinski definition) is 5. The smallest absolute Gasteiger partial charge is 0.319 e. The van der Waals surface area contributed by atoms with Gasteiger partial charge in [0.1, 0.15) is 5.82 Å². The van der Waals surface area contributed by atoms with Crippen LogP contribution < -0.4 is 4.90 Å². The number of urea groups is 1. The summed E-state index contributed by atoms with van der Waals surface area (Å²) in [6, 6.07) is 0.394. The van der Waals surface area contributed by atoms with Gasteiger partial charge in [0.05, 0.1) is 0 Å². The van der Waals surface area contributed by atoms with Crippen LogP contribution in [-0.2, 0) is 0 Å². The highest BCUT2D eigenvalue weighted by Crippen LogP contribution is 2.23. The van der Waals surface area contributed by atoms with Gasteiger partial charge < -0.3 is 14.7 Å². The molecule has 19 heavy (non-hydrogen) atoms. The molecule has 0 bridgehead atoms. The molecule has 0 aliphatic carbocycles. The Balaban J connectivity index is 1.90. The van der Waals surface area contributed by atoms with Crippen LogP contribution in [0.25, 0.3) is 0 Å². The van der Waals surface area contributed by atoms with Crippen LogP contribution in [-0.4, -0.2) is 65.5 Å². The quantitative estimate of drug-likeness (QED) is 0.824.